The van der Waals surface area contributed by atoms with E-state index in [0.717, 1.165) is 23.4 Å². The zero-order chi connectivity index (χ0) is 17.7. The van der Waals surface area contributed by atoms with Crippen molar-refractivity contribution in [2.24, 2.45) is 0 Å². The molecule has 1 N–H and O–H groups in total. The first-order valence-electron chi connectivity index (χ1n) is 8.10. The average Bonchev–Trinajstić information content (AvgIpc) is 2.93. The standard InChI is InChI=1S/C16H25N5O2S/c1-10(2)23-8-6-7-17-14(22)9-24-16-19-15-18-12(4)11(3)13(5)21(15)20-16/h10H,6-9H2,1-5H3,(H,17,22). The molecule has 0 aliphatic rings. The van der Waals surface area contributed by atoms with Gasteiger partial charge in [0.05, 0.1) is 11.9 Å². The zero-order valence-corrected chi connectivity index (χ0v) is 15.7. The fraction of sp³-hybridized carbons (Fsp3) is 0.625. The van der Waals surface area contributed by atoms with Crippen molar-refractivity contribution in [1.82, 2.24) is 24.9 Å². The largest absolute Gasteiger partial charge is 0.379 e. The number of ether oxygens (including phenoxy) is 1. The molecule has 0 bridgehead atoms. The second-order valence-electron chi connectivity index (χ2n) is 5.93. The van der Waals surface area contributed by atoms with Gasteiger partial charge >= 0.3 is 0 Å². The van der Waals surface area contributed by atoms with E-state index in [4.69, 9.17) is 4.74 Å². The molecule has 2 aromatic rings. The van der Waals surface area contributed by atoms with Crippen molar-refractivity contribution in [1.29, 1.82) is 0 Å². The Morgan fingerprint density at radius 3 is 2.75 bits per heavy atom. The summed E-state index contributed by atoms with van der Waals surface area (Å²) in [6.45, 7) is 11.2. The summed E-state index contributed by atoms with van der Waals surface area (Å²) in [4.78, 5) is 20.7. The van der Waals surface area contributed by atoms with Crippen molar-refractivity contribution in [2.45, 2.75) is 52.3 Å². The smallest absolute Gasteiger partial charge is 0.253 e. The summed E-state index contributed by atoms with van der Waals surface area (Å²) in [5.41, 5.74) is 3.07. The van der Waals surface area contributed by atoms with Crippen LogP contribution in [0.5, 0.6) is 0 Å². The number of rotatable bonds is 8. The normalized spacial score (nSPS) is 11.4. The Morgan fingerprint density at radius 1 is 1.29 bits per heavy atom. The van der Waals surface area contributed by atoms with Crippen molar-refractivity contribution in [2.75, 3.05) is 18.9 Å². The van der Waals surface area contributed by atoms with Crippen LogP contribution in [0, 0.1) is 20.8 Å². The van der Waals surface area contributed by atoms with Gasteiger partial charge in [0.25, 0.3) is 5.78 Å². The predicted octanol–water partition coefficient (Wildman–Crippen LogP) is 2.07. The van der Waals surface area contributed by atoms with Crippen LogP contribution < -0.4 is 5.32 Å². The fourth-order valence-corrected chi connectivity index (χ4v) is 2.75. The summed E-state index contributed by atoms with van der Waals surface area (Å²) in [6, 6.07) is 0. The summed E-state index contributed by atoms with van der Waals surface area (Å²) >= 11 is 1.32. The second-order valence-corrected chi connectivity index (χ2v) is 6.87. The summed E-state index contributed by atoms with van der Waals surface area (Å²) in [5, 5.41) is 7.86. The van der Waals surface area contributed by atoms with Crippen molar-refractivity contribution < 1.29 is 9.53 Å². The monoisotopic (exact) mass is 351 g/mol. The number of fused-ring (bicyclic) bond motifs is 1. The van der Waals surface area contributed by atoms with E-state index in [1.54, 1.807) is 4.52 Å². The molecule has 0 aliphatic carbocycles. The lowest BCUT2D eigenvalue weighted by Gasteiger charge is -2.07. The molecule has 0 unspecified atom stereocenters. The Morgan fingerprint density at radius 2 is 2.04 bits per heavy atom. The maximum absolute atomic E-state index is 11.9. The van der Waals surface area contributed by atoms with E-state index in [0.29, 0.717) is 29.8 Å². The molecule has 0 spiro atoms. The average molecular weight is 351 g/mol. The number of carbonyl (C=O) groups is 1. The van der Waals surface area contributed by atoms with Crippen LogP contribution in [0.1, 0.15) is 37.2 Å². The third-order valence-electron chi connectivity index (χ3n) is 3.67. The number of thioether (sulfide) groups is 1. The molecule has 0 fully saturated rings. The van der Waals surface area contributed by atoms with Crippen LogP contribution in [0.3, 0.4) is 0 Å². The highest BCUT2D eigenvalue weighted by Crippen LogP contribution is 2.17. The molecule has 0 radical (unpaired) electrons. The van der Waals surface area contributed by atoms with Gasteiger partial charge in [0.1, 0.15) is 0 Å². The molecular weight excluding hydrogens is 326 g/mol. The molecule has 0 saturated heterocycles. The third kappa shape index (κ3) is 4.91. The SMILES string of the molecule is Cc1nc2nc(SCC(=O)NCCCOC(C)C)nn2c(C)c1C. The molecule has 2 rings (SSSR count). The van der Waals surface area contributed by atoms with Gasteiger partial charge in [-0.3, -0.25) is 4.79 Å². The first-order valence-corrected chi connectivity index (χ1v) is 9.08. The summed E-state index contributed by atoms with van der Waals surface area (Å²) < 4.78 is 7.16. The van der Waals surface area contributed by atoms with E-state index in [-0.39, 0.29) is 12.0 Å². The maximum Gasteiger partial charge on any atom is 0.253 e. The van der Waals surface area contributed by atoms with Gasteiger partial charge < -0.3 is 10.1 Å². The number of aryl methyl sites for hydroxylation is 2. The minimum absolute atomic E-state index is 0.0274. The molecule has 7 nitrogen and oxygen atoms in total. The van der Waals surface area contributed by atoms with Crippen LogP contribution >= 0.6 is 11.8 Å². The van der Waals surface area contributed by atoms with E-state index in [9.17, 15) is 4.79 Å². The molecule has 0 atom stereocenters. The van der Waals surface area contributed by atoms with Gasteiger partial charge in [-0.05, 0) is 46.6 Å². The van der Waals surface area contributed by atoms with Crippen LogP contribution in [-0.4, -0.2) is 50.5 Å². The molecule has 8 heteroatoms. The lowest BCUT2D eigenvalue weighted by atomic mass is 10.2. The Hall–Kier alpha value is -1.67. The number of amides is 1. The lowest BCUT2D eigenvalue weighted by molar-refractivity contribution is -0.118. The minimum atomic E-state index is -0.0274. The molecule has 2 heterocycles. The number of aromatic nitrogens is 4. The maximum atomic E-state index is 11.9. The quantitative estimate of drug-likeness (QED) is 0.579. The van der Waals surface area contributed by atoms with Crippen molar-refractivity contribution >= 4 is 23.4 Å². The van der Waals surface area contributed by atoms with Crippen LogP contribution in [0.25, 0.3) is 5.78 Å². The Kier molecular flexibility index (Phi) is 6.56. The van der Waals surface area contributed by atoms with Gasteiger partial charge in [-0.15, -0.1) is 5.10 Å². The van der Waals surface area contributed by atoms with E-state index in [1.165, 1.54) is 11.8 Å². The molecule has 132 valence electrons. The Bertz CT molecular complexity index is 714. The highest BCUT2D eigenvalue weighted by Gasteiger charge is 2.12. The van der Waals surface area contributed by atoms with Crippen LogP contribution in [0.2, 0.25) is 0 Å². The molecule has 2 aromatic heterocycles. The Balaban J connectivity index is 1.83. The minimum Gasteiger partial charge on any atom is -0.379 e. The van der Waals surface area contributed by atoms with Gasteiger partial charge in [-0.25, -0.2) is 9.50 Å². The summed E-state index contributed by atoms with van der Waals surface area (Å²) in [7, 11) is 0. The van der Waals surface area contributed by atoms with E-state index >= 15 is 0 Å². The second kappa shape index (κ2) is 8.43. The van der Waals surface area contributed by atoms with Crippen LogP contribution in [-0.2, 0) is 9.53 Å². The lowest BCUT2D eigenvalue weighted by Crippen LogP contribution is -2.27. The highest BCUT2D eigenvalue weighted by atomic mass is 32.2. The third-order valence-corrected chi connectivity index (χ3v) is 4.51. The van der Waals surface area contributed by atoms with E-state index in [2.05, 4.69) is 20.4 Å². The van der Waals surface area contributed by atoms with Gasteiger partial charge in [0.15, 0.2) is 0 Å². The van der Waals surface area contributed by atoms with Crippen LogP contribution in [0.15, 0.2) is 5.16 Å². The summed E-state index contributed by atoms with van der Waals surface area (Å²) in [6.07, 6.45) is 1.03. The molecule has 1 amide bonds. The number of hydrogen-bond donors (Lipinski definition) is 1. The molecule has 0 aromatic carbocycles. The Labute approximate surface area is 146 Å². The molecule has 24 heavy (non-hydrogen) atoms. The number of hydrogen-bond acceptors (Lipinski definition) is 6. The van der Waals surface area contributed by atoms with E-state index in [1.807, 2.05) is 34.6 Å². The first kappa shape index (κ1) is 18.7. The van der Waals surface area contributed by atoms with Crippen molar-refractivity contribution in [3.8, 4) is 0 Å². The topological polar surface area (TPSA) is 81.4 Å². The van der Waals surface area contributed by atoms with Crippen molar-refractivity contribution in [3.05, 3.63) is 17.0 Å². The zero-order valence-electron chi connectivity index (χ0n) is 14.9. The number of carbonyl (C=O) groups excluding carboxylic acids is 1. The van der Waals surface area contributed by atoms with Gasteiger partial charge in [-0.1, -0.05) is 11.8 Å². The van der Waals surface area contributed by atoms with Gasteiger partial charge in [0, 0.05) is 24.5 Å². The van der Waals surface area contributed by atoms with Crippen molar-refractivity contribution in [3.63, 3.8) is 0 Å². The number of nitrogens with one attached hydrogen (secondary N) is 1. The predicted molar refractivity (Wildman–Crippen MR) is 94.4 cm³/mol. The molecular formula is C16H25N5O2S. The van der Waals surface area contributed by atoms with Gasteiger partial charge in [-0.2, -0.15) is 4.98 Å². The summed E-state index contributed by atoms with van der Waals surface area (Å²) in [5.74, 6) is 0.837. The van der Waals surface area contributed by atoms with E-state index < -0.39 is 0 Å². The highest BCUT2D eigenvalue weighted by molar-refractivity contribution is 7.99. The fourth-order valence-electron chi connectivity index (χ4n) is 2.10. The molecule has 0 aliphatic heterocycles. The number of nitrogens with zero attached hydrogens (tertiary/aromatic N) is 4. The van der Waals surface area contributed by atoms with Gasteiger partial charge in [0.2, 0.25) is 11.1 Å². The first-order chi connectivity index (χ1) is 11.4. The van der Waals surface area contributed by atoms with Crippen LogP contribution in [0.4, 0.5) is 0 Å². The molecule has 0 saturated carbocycles.